The van der Waals surface area contributed by atoms with Crippen LogP contribution < -0.4 is 15.6 Å². The fourth-order valence-electron chi connectivity index (χ4n) is 2.85. The Kier molecular flexibility index (Phi) is 7.26. The first-order valence-electron chi connectivity index (χ1n) is 9.17. The molecule has 0 bridgehead atoms. The second kappa shape index (κ2) is 10.1. The van der Waals surface area contributed by atoms with Crippen molar-refractivity contribution in [2.45, 2.75) is 18.1 Å². The third-order valence-corrected chi connectivity index (χ3v) is 5.22. The molecular formula is C21H23N3O4S. The summed E-state index contributed by atoms with van der Waals surface area (Å²) in [6, 6.07) is 14.4. The highest BCUT2D eigenvalue weighted by molar-refractivity contribution is 7.99. The zero-order valence-corrected chi connectivity index (χ0v) is 17.2. The van der Waals surface area contributed by atoms with E-state index in [1.165, 1.54) is 11.8 Å². The van der Waals surface area contributed by atoms with E-state index in [1.54, 1.807) is 49.1 Å². The van der Waals surface area contributed by atoms with Crippen LogP contribution in [0.1, 0.15) is 6.42 Å². The molecule has 0 aliphatic carbocycles. The number of para-hydroxylation sites is 1. The summed E-state index contributed by atoms with van der Waals surface area (Å²) in [7, 11) is 3.20. The van der Waals surface area contributed by atoms with Gasteiger partial charge in [0.1, 0.15) is 5.75 Å². The average molecular weight is 413 g/mol. The van der Waals surface area contributed by atoms with Crippen molar-refractivity contribution in [1.82, 2.24) is 9.55 Å². The molecule has 7 nitrogen and oxygen atoms in total. The van der Waals surface area contributed by atoms with Gasteiger partial charge >= 0.3 is 0 Å². The standard InChI is InChI=1S/C21H23N3O4S/c1-27-12-6-11-24-20(26)17-9-3-4-10-18(17)23-21(24)29-14-19(25)22-15-7-5-8-16(13-15)28-2/h3-5,7-10,13H,6,11-12,14H2,1-2H3,(H,22,25). The van der Waals surface area contributed by atoms with E-state index in [2.05, 4.69) is 10.3 Å². The molecule has 0 unspecified atom stereocenters. The van der Waals surface area contributed by atoms with E-state index in [9.17, 15) is 9.59 Å². The number of thioether (sulfide) groups is 1. The number of hydrogen-bond acceptors (Lipinski definition) is 6. The fraction of sp³-hybridized carbons (Fsp3) is 0.286. The lowest BCUT2D eigenvalue weighted by Crippen LogP contribution is -2.25. The number of carbonyl (C=O) groups is 1. The Labute approximate surface area is 173 Å². The highest BCUT2D eigenvalue weighted by atomic mass is 32.2. The summed E-state index contributed by atoms with van der Waals surface area (Å²) in [5.74, 6) is 0.611. The largest absolute Gasteiger partial charge is 0.497 e. The molecule has 0 saturated heterocycles. The molecule has 2 aromatic carbocycles. The van der Waals surface area contributed by atoms with Crippen LogP contribution in [0.15, 0.2) is 58.5 Å². The van der Waals surface area contributed by atoms with Gasteiger partial charge in [-0.15, -0.1) is 0 Å². The first-order chi connectivity index (χ1) is 14.1. The Morgan fingerprint density at radius 1 is 1.17 bits per heavy atom. The lowest BCUT2D eigenvalue weighted by molar-refractivity contribution is -0.113. The zero-order valence-electron chi connectivity index (χ0n) is 16.4. The van der Waals surface area contributed by atoms with Crippen LogP contribution in [-0.2, 0) is 16.1 Å². The number of nitrogens with zero attached hydrogens (tertiary/aromatic N) is 2. The Morgan fingerprint density at radius 3 is 2.79 bits per heavy atom. The number of rotatable bonds is 9. The van der Waals surface area contributed by atoms with Crippen molar-refractivity contribution < 1.29 is 14.3 Å². The van der Waals surface area contributed by atoms with Gasteiger partial charge in [-0.2, -0.15) is 0 Å². The number of hydrogen-bond donors (Lipinski definition) is 1. The molecule has 0 aliphatic rings. The maximum absolute atomic E-state index is 12.9. The van der Waals surface area contributed by atoms with E-state index < -0.39 is 0 Å². The second-order valence-corrected chi connectivity index (χ2v) is 7.23. The fourth-order valence-corrected chi connectivity index (χ4v) is 3.68. The molecule has 0 fully saturated rings. The molecule has 1 heterocycles. The van der Waals surface area contributed by atoms with E-state index in [0.29, 0.717) is 47.1 Å². The van der Waals surface area contributed by atoms with Crippen LogP contribution in [0.5, 0.6) is 5.75 Å². The minimum absolute atomic E-state index is 0.109. The minimum atomic E-state index is -0.186. The number of fused-ring (bicyclic) bond motifs is 1. The topological polar surface area (TPSA) is 82.4 Å². The second-order valence-electron chi connectivity index (χ2n) is 6.28. The lowest BCUT2D eigenvalue weighted by atomic mass is 10.2. The molecular weight excluding hydrogens is 390 g/mol. The Bertz CT molecular complexity index is 1050. The van der Waals surface area contributed by atoms with Gasteiger partial charge in [0, 0.05) is 32.0 Å². The summed E-state index contributed by atoms with van der Waals surface area (Å²) in [6.45, 7) is 1.02. The first kappa shape index (κ1) is 20.9. The molecule has 1 amide bonds. The molecule has 152 valence electrons. The molecule has 0 atom stereocenters. The summed E-state index contributed by atoms with van der Waals surface area (Å²) < 4.78 is 11.9. The van der Waals surface area contributed by atoms with Gasteiger partial charge in [0.15, 0.2) is 5.16 Å². The Balaban J connectivity index is 1.77. The summed E-state index contributed by atoms with van der Waals surface area (Å²) in [4.78, 5) is 29.9. The number of aromatic nitrogens is 2. The highest BCUT2D eigenvalue weighted by Crippen LogP contribution is 2.20. The molecule has 0 saturated carbocycles. The van der Waals surface area contributed by atoms with Crippen molar-refractivity contribution in [1.29, 1.82) is 0 Å². The van der Waals surface area contributed by atoms with Crippen LogP contribution in [0.2, 0.25) is 0 Å². The maximum Gasteiger partial charge on any atom is 0.262 e. The smallest absolute Gasteiger partial charge is 0.262 e. The van der Waals surface area contributed by atoms with Crippen molar-refractivity contribution in [3.63, 3.8) is 0 Å². The van der Waals surface area contributed by atoms with Crippen LogP contribution in [0.4, 0.5) is 5.69 Å². The van der Waals surface area contributed by atoms with Crippen LogP contribution in [0.3, 0.4) is 0 Å². The SMILES string of the molecule is COCCCn1c(SCC(=O)Nc2cccc(OC)c2)nc2ccccc2c1=O. The first-order valence-corrected chi connectivity index (χ1v) is 10.2. The van der Waals surface area contributed by atoms with E-state index in [1.807, 2.05) is 18.2 Å². The van der Waals surface area contributed by atoms with E-state index in [4.69, 9.17) is 9.47 Å². The molecule has 0 radical (unpaired) electrons. The van der Waals surface area contributed by atoms with Crippen LogP contribution in [0, 0.1) is 0 Å². The predicted octanol–water partition coefficient (Wildman–Crippen LogP) is 3.17. The van der Waals surface area contributed by atoms with Gasteiger partial charge in [0.05, 0.1) is 23.8 Å². The molecule has 3 rings (SSSR count). The van der Waals surface area contributed by atoms with Crippen molar-refractivity contribution >= 4 is 34.3 Å². The molecule has 0 spiro atoms. The van der Waals surface area contributed by atoms with Crippen molar-refractivity contribution in [2.75, 3.05) is 31.9 Å². The van der Waals surface area contributed by atoms with E-state index in [0.717, 1.165) is 0 Å². The number of benzene rings is 2. The number of amides is 1. The van der Waals surface area contributed by atoms with Gasteiger partial charge in [-0.3, -0.25) is 14.2 Å². The van der Waals surface area contributed by atoms with Crippen molar-refractivity contribution in [3.8, 4) is 5.75 Å². The van der Waals surface area contributed by atoms with Crippen molar-refractivity contribution in [2.24, 2.45) is 0 Å². The monoisotopic (exact) mass is 413 g/mol. The predicted molar refractivity (Wildman–Crippen MR) is 115 cm³/mol. The van der Waals surface area contributed by atoms with Crippen LogP contribution in [-0.4, -0.2) is 42.0 Å². The molecule has 3 aromatic rings. The Morgan fingerprint density at radius 2 is 2.00 bits per heavy atom. The van der Waals surface area contributed by atoms with Gasteiger partial charge in [-0.25, -0.2) is 4.98 Å². The average Bonchev–Trinajstić information content (AvgIpc) is 2.74. The number of anilines is 1. The normalized spacial score (nSPS) is 10.8. The number of ether oxygens (including phenoxy) is 2. The van der Waals surface area contributed by atoms with Gasteiger partial charge in [-0.05, 0) is 30.7 Å². The van der Waals surface area contributed by atoms with Crippen LogP contribution >= 0.6 is 11.8 Å². The van der Waals surface area contributed by atoms with Crippen molar-refractivity contribution in [3.05, 3.63) is 58.9 Å². The number of nitrogens with one attached hydrogen (secondary N) is 1. The lowest BCUT2D eigenvalue weighted by Gasteiger charge is -2.13. The molecule has 1 aromatic heterocycles. The Hall–Kier alpha value is -2.84. The van der Waals surface area contributed by atoms with E-state index >= 15 is 0 Å². The quantitative estimate of drug-likeness (QED) is 0.330. The minimum Gasteiger partial charge on any atom is -0.497 e. The summed E-state index contributed by atoms with van der Waals surface area (Å²) >= 11 is 1.24. The third-order valence-electron chi connectivity index (χ3n) is 4.24. The summed E-state index contributed by atoms with van der Waals surface area (Å²) in [5, 5.41) is 3.92. The van der Waals surface area contributed by atoms with Gasteiger partial charge in [0.2, 0.25) is 5.91 Å². The number of methoxy groups -OCH3 is 2. The summed E-state index contributed by atoms with van der Waals surface area (Å²) in [6.07, 6.45) is 0.681. The molecule has 29 heavy (non-hydrogen) atoms. The van der Waals surface area contributed by atoms with Gasteiger partial charge < -0.3 is 14.8 Å². The van der Waals surface area contributed by atoms with Crippen LogP contribution in [0.25, 0.3) is 10.9 Å². The zero-order chi connectivity index (χ0) is 20.6. The third kappa shape index (κ3) is 5.36. The highest BCUT2D eigenvalue weighted by Gasteiger charge is 2.13. The summed E-state index contributed by atoms with van der Waals surface area (Å²) in [5.41, 5.74) is 1.16. The van der Waals surface area contributed by atoms with Gasteiger partial charge in [0.25, 0.3) is 5.56 Å². The van der Waals surface area contributed by atoms with Gasteiger partial charge in [-0.1, -0.05) is 30.0 Å². The molecule has 8 heteroatoms. The maximum atomic E-state index is 12.9. The molecule has 1 N–H and O–H groups in total. The number of carbonyl (C=O) groups excluding carboxylic acids is 1. The van der Waals surface area contributed by atoms with E-state index in [-0.39, 0.29) is 17.2 Å². The molecule has 0 aliphatic heterocycles.